The lowest BCUT2D eigenvalue weighted by atomic mass is 9.76. The van der Waals surface area contributed by atoms with E-state index in [4.69, 9.17) is 9.47 Å². The minimum absolute atomic E-state index is 0.0963. The van der Waals surface area contributed by atoms with Crippen LogP contribution in [0.5, 0.6) is 17.2 Å². The first-order valence-electron chi connectivity index (χ1n) is 12.3. The number of nitrogens with one attached hydrogen (secondary N) is 2. The van der Waals surface area contributed by atoms with Gasteiger partial charge in [0.25, 0.3) is 0 Å². The topological polar surface area (TPSA) is 117 Å². The van der Waals surface area contributed by atoms with Crippen molar-refractivity contribution in [2.45, 2.75) is 18.0 Å². The molecule has 4 atom stereocenters. The van der Waals surface area contributed by atoms with Gasteiger partial charge in [-0.05, 0) is 54.4 Å². The zero-order valence-electron chi connectivity index (χ0n) is 19.9. The first-order chi connectivity index (χ1) is 18.4. The van der Waals surface area contributed by atoms with E-state index >= 15 is 0 Å². The summed E-state index contributed by atoms with van der Waals surface area (Å²) < 4.78 is 25.7. The molecule has 192 valence electrons. The van der Waals surface area contributed by atoms with Crippen molar-refractivity contribution in [3.05, 3.63) is 77.6 Å². The van der Waals surface area contributed by atoms with Gasteiger partial charge >= 0.3 is 0 Å². The van der Waals surface area contributed by atoms with Gasteiger partial charge in [-0.15, -0.1) is 0 Å². The molecular weight excluding hydrogens is 493 g/mol. The van der Waals surface area contributed by atoms with Crippen LogP contribution in [0.2, 0.25) is 0 Å². The summed E-state index contributed by atoms with van der Waals surface area (Å²) in [4.78, 5) is 42.8. The molecule has 9 nitrogen and oxygen atoms in total. The fourth-order valence-electron chi connectivity index (χ4n) is 6.26. The number of anilines is 2. The Kier molecular flexibility index (Phi) is 4.80. The molecule has 38 heavy (non-hydrogen) atoms. The number of hydrogen-bond donors (Lipinski definition) is 3. The van der Waals surface area contributed by atoms with Crippen LogP contribution in [0.1, 0.15) is 11.1 Å². The maximum absolute atomic E-state index is 14.4. The predicted molar refractivity (Wildman–Crippen MR) is 132 cm³/mol. The van der Waals surface area contributed by atoms with Crippen molar-refractivity contribution in [3.63, 3.8) is 0 Å². The summed E-state index contributed by atoms with van der Waals surface area (Å²) in [5.41, 5.74) is 0.183. The zero-order chi connectivity index (χ0) is 26.2. The van der Waals surface area contributed by atoms with Crippen LogP contribution >= 0.6 is 0 Å². The summed E-state index contributed by atoms with van der Waals surface area (Å²) in [6.45, 7) is 0.740. The maximum atomic E-state index is 14.4. The van der Waals surface area contributed by atoms with Gasteiger partial charge in [-0.1, -0.05) is 12.1 Å². The number of fused-ring (bicyclic) bond motifs is 5. The van der Waals surface area contributed by atoms with Gasteiger partial charge in [0.2, 0.25) is 17.7 Å². The first-order valence-corrected chi connectivity index (χ1v) is 12.3. The Morgan fingerprint density at radius 1 is 0.947 bits per heavy atom. The Hall–Kier alpha value is -4.44. The molecule has 4 aliphatic rings. The standard InChI is InChI=1S/C28H22FN3O6/c29-15-3-7-19-18(12-15)28(27(36)30-19)24-23(20(31-28)11-14-1-5-17(33)6-2-14)25(34)32(26(24)35)16-4-8-21-22(13-16)38-10-9-37-21/h1-8,12-13,20,23-24,31,33H,9-11H2,(H,30,36). The van der Waals surface area contributed by atoms with Crippen molar-refractivity contribution in [2.24, 2.45) is 11.8 Å². The lowest BCUT2D eigenvalue weighted by Crippen LogP contribution is -2.53. The molecule has 0 radical (unpaired) electrons. The van der Waals surface area contributed by atoms with Crippen LogP contribution in [0, 0.1) is 17.7 Å². The van der Waals surface area contributed by atoms with Gasteiger partial charge in [0.1, 0.15) is 30.3 Å². The number of halogens is 1. The largest absolute Gasteiger partial charge is 0.508 e. The summed E-state index contributed by atoms with van der Waals surface area (Å²) >= 11 is 0. The fraction of sp³-hybridized carbons (Fsp3) is 0.250. The third-order valence-electron chi connectivity index (χ3n) is 7.85. The number of aromatic hydroxyl groups is 1. The van der Waals surface area contributed by atoms with E-state index in [1.165, 1.54) is 30.3 Å². The lowest BCUT2D eigenvalue weighted by Gasteiger charge is -2.30. The highest BCUT2D eigenvalue weighted by atomic mass is 19.1. The highest BCUT2D eigenvalue weighted by Crippen LogP contribution is 2.54. The molecule has 2 saturated heterocycles. The predicted octanol–water partition coefficient (Wildman–Crippen LogP) is 2.47. The number of amides is 3. The van der Waals surface area contributed by atoms with E-state index in [0.717, 1.165) is 10.5 Å². The summed E-state index contributed by atoms with van der Waals surface area (Å²) in [7, 11) is 0. The molecule has 0 bridgehead atoms. The van der Waals surface area contributed by atoms with Crippen LogP contribution in [0.15, 0.2) is 60.7 Å². The number of nitrogens with zero attached hydrogens (tertiary/aromatic N) is 1. The summed E-state index contributed by atoms with van der Waals surface area (Å²) in [5, 5.41) is 15.8. The van der Waals surface area contributed by atoms with E-state index in [-0.39, 0.29) is 5.75 Å². The number of imide groups is 1. The van der Waals surface area contributed by atoms with Crippen molar-refractivity contribution >= 4 is 29.1 Å². The molecule has 0 aliphatic carbocycles. The molecule has 4 heterocycles. The maximum Gasteiger partial charge on any atom is 0.250 e. The van der Waals surface area contributed by atoms with Crippen molar-refractivity contribution in [1.82, 2.24) is 5.32 Å². The molecule has 3 aromatic rings. The van der Waals surface area contributed by atoms with E-state index in [1.807, 2.05) is 0 Å². The van der Waals surface area contributed by atoms with Gasteiger partial charge in [-0.25, -0.2) is 9.29 Å². The number of carbonyl (C=O) groups is 3. The Balaban J connectivity index is 1.35. The summed E-state index contributed by atoms with van der Waals surface area (Å²) in [5.74, 6) is -3.04. The van der Waals surface area contributed by atoms with Crippen LogP contribution < -0.4 is 25.0 Å². The van der Waals surface area contributed by atoms with Crippen LogP contribution in [-0.4, -0.2) is 42.1 Å². The Morgan fingerprint density at radius 3 is 2.50 bits per heavy atom. The van der Waals surface area contributed by atoms with Crippen LogP contribution in [-0.2, 0) is 26.3 Å². The van der Waals surface area contributed by atoms with Gasteiger partial charge in [0, 0.05) is 23.4 Å². The van der Waals surface area contributed by atoms with Crippen molar-refractivity contribution < 1.29 is 33.4 Å². The lowest BCUT2D eigenvalue weighted by molar-refractivity contribution is -0.130. The summed E-state index contributed by atoms with van der Waals surface area (Å²) in [6.07, 6.45) is 0.301. The first kappa shape index (κ1) is 22.7. The van der Waals surface area contributed by atoms with Crippen LogP contribution in [0.3, 0.4) is 0 Å². The minimum atomic E-state index is -1.63. The van der Waals surface area contributed by atoms with E-state index in [0.29, 0.717) is 48.1 Å². The smallest absolute Gasteiger partial charge is 0.250 e. The van der Waals surface area contributed by atoms with Gasteiger partial charge in [-0.2, -0.15) is 0 Å². The minimum Gasteiger partial charge on any atom is -0.508 e. The average Bonchev–Trinajstić information content (AvgIpc) is 3.49. The molecule has 3 aromatic carbocycles. The number of carbonyl (C=O) groups excluding carboxylic acids is 3. The summed E-state index contributed by atoms with van der Waals surface area (Å²) in [6, 6.07) is 14.7. The second kappa shape index (κ2) is 8.03. The highest BCUT2D eigenvalue weighted by molar-refractivity contribution is 6.26. The van der Waals surface area contributed by atoms with E-state index in [1.54, 1.807) is 30.3 Å². The monoisotopic (exact) mass is 515 g/mol. The Bertz CT molecular complexity index is 1530. The molecule has 7 rings (SSSR count). The van der Waals surface area contributed by atoms with E-state index < -0.39 is 47.0 Å². The molecule has 10 heteroatoms. The highest BCUT2D eigenvalue weighted by Gasteiger charge is 2.70. The van der Waals surface area contributed by atoms with Gasteiger partial charge < -0.3 is 19.9 Å². The number of phenols is 1. The average molecular weight is 515 g/mol. The van der Waals surface area contributed by atoms with Crippen LogP contribution in [0.4, 0.5) is 15.8 Å². The molecule has 3 N–H and O–H groups in total. The molecule has 0 aromatic heterocycles. The number of ether oxygens (including phenoxy) is 2. The van der Waals surface area contributed by atoms with E-state index in [2.05, 4.69) is 10.6 Å². The SMILES string of the molecule is O=C1C2C(Cc3ccc(O)cc3)NC3(C(=O)Nc4ccc(F)cc43)C2C(=O)N1c1ccc2c(c1)OCCO2. The second-order valence-corrected chi connectivity index (χ2v) is 9.92. The fourth-order valence-corrected chi connectivity index (χ4v) is 6.26. The third-order valence-corrected chi connectivity index (χ3v) is 7.85. The molecule has 4 aliphatic heterocycles. The third kappa shape index (κ3) is 3.10. The zero-order valence-corrected chi connectivity index (χ0v) is 19.9. The molecule has 4 unspecified atom stereocenters. The Morgan fingerprint density at radius 2 is 1.71 bits per heavy atom. The normalized spacial score (nSPS) is 27.0. The van der Waals surface area contributed by atoms with Crippen LogP contribution in [0.25, 0.3) is 0 Å². The number of rotatable bonds is 3. The second-order valence-electron chi connectivity index (χ2n) is 9.92. The Labute approximate surface area is 216 Å². The number of hydrogen-bond acceptors (Lipinski definition) is 7. The molecule has 2 fully saturated rings. The van der Waals surface area contributed by atoms with E-state index in [9.17, 15) is 23.9 Å². The quantitative estimate of drug-likeness (QED) is 0.459. The number of phenolic OH excluding ortho intramolecular Hbond substituents is 1. The molecule has 1 spiro atoms. The van der Waals surface area contributed by atoms with Crippen molar-refractivity contribution in [2.75, 3.05) is 23.4 Å². The number of benzene rings is 3. The molecular formula is C28H22FN3O6. The van der Waals surface area contributed by atoms with Crippen molar-refractivity contribution in [3.8, 4) is 17.2 Å². The van der Waals surface area contributed by atoms with Crippen molar-refractivity contribution in [1.29, 1.82) is 0 Å². The van der Waals surface area contributed by atoms with Gasteiger partial charge in [-0.3, -0.25) is 19.7 Å². The molecule has 3 amide bonds. The van der Waals surface area contributed by atoms with Gasteiger partial charge in [0.05, 0.1) is 17.5 Å². The van der Waals surface area contributed by atoms with Gasteiger partial charge in [0.15, 0.2) is 11.5 Å². The molecule has 0 saturated carbocycles.